The highest BCUT2D eigenvalue weighted by atomic mass is 16.2. The van der Waals surface area contributed by atoms with Crippen LogP contribution in [0.25, 0.3) is 0 Å². The van der Waals surface area contributed by atoms with Gasteiger partial charge in [0, 0.05) is 37.9 Å². The highest BCUT2D eigenvalue weighted by Crippen LogP contribution is 2.28. The first-order chi connectivity index (χ1) is 12.5. The molecule has 1 aromatic rings. The summed E-state index contributed by atoms with van der Waals surface area (Å²) in [5, 5.41) is 0. The maximum atomic E-state index is 12.9. The summed E-state index contributed by atoms with van der Waals surface area (Å²) in [4.78, 5) is 43.1. The number of para-hydroxylation sites is 1. The molecule has 1 fully saturated rings. The first-order valence-electron chi connectivity index (χ1n) is 9.22. The summed E-state index contributed by atoms with van der Waals surface area (Å²) in [6.07, 6.45) is 1.13. The van der Waals surface area contributed by atoms with E-state index in [9.17, 15) is 14.4 Å². The van der Waals surface area contributed by atoms with Gasteiger partial charge < -0.3 is 20.4 Å². The second-order valence-corrected chi connectivity index (χ2v) is 6.82. The fourth-order valence-electron chi connectivity index (χ4n) is 3.86. The summed E-state index contributed by atoms with van der Waals surface area (Å²) >= 11 is 0. The Morgan fingerprint density at radius 2 is 1.85 bits per heavy atom. The molecule has 2 aliphatic rings. The van der Waals surface area contributed by atoms with Crippen LogP contribution in [0.4, 0.5) is 5.69 Å². The number of nitrogens with two attached hydrogens (primary N) is 1. The molecule has 2 N–H and O–H groups in total. The van der Waals surface area contributed by atoms with Crippen LogP contribution in [-0.4, -0.2) is 65.8 Å². The van der Waals surface area contributed by atoms with Gasteiger partial charge in [0.25, 0.3) is 0 Å². The molecule has 2 atom stereocenters. The molecule has 1 aromatic carbocycles. The van der Waals surface area contributed by atoms with Gasteiger partial charge in [-0.1, -0.05) is 18.2 Å². The SMILES string of the molecule is CCN(CC)C(=O)[C@@H]1C[C@@H](N)CN1C(=O)C(=O)N1CCc2ccccc21. The second-order valence-electron chi connectivity index (χ2n) is 6.82. The number of hydrogen-bond acceptors (Lipinski definition) is 4. The first kappa shape index (κ1) is 18.4. The van der Waals surface area contributed by atoms with E-state index in [0.29, 0.717) is 26.1 Å². The number of rotatable bonds is 3. The second kappa shape index (κ2) is 7.45. The summed E-state index contributed by atoms with van der Waals surface area (Å²) in [6, 6.07) is 6.65. The Hall–Kier alpha value is -2.41. The van der Waals surface area contributed by atoms with Crippen molar-refractivity contribution in [3.63, 3.8) is 0 Å². The normalized spacial score (nSPS) is 21.7. The van der Waals surface area contributed by atoms with E-state index in [1.807, 2.05) is 38.1 Å². The first-order valence-corrected chi connectivity index (χ1v) is 9.22. The predicted octanol–water partition coefficient (Wildman–Crippen LogP) is 0.372. The Kier molecular flexibility index (Phi) is 5.27. The molecule has 0 saturated carbocycles. The lowest BCUT2D eigenvalue weighted by atomic mass is 10.1. The van der Waals surface area contributed by atoms with Crippen LogP contribution in [0.5, 0.6) is 0 Å². The third kappa shape index (κ3) is 3.19. The third-order valence-corrected chi connectivity index (χ3v) is 5.27. The van der Waals surface area contributed by atoms with Crippen molar-refractivity contribution in [1.29, 1.82) is 0 Å². The van der Waals surface area contributed by atoms with Crippen molar-refractivity contribution in [2.45, 2.75) is 38.8 Å². The molecular weight excluding hydrogens is 332 g/mol. The zero-order valence-corrected chi connectivity index (χ0v) is 15.4. The average molecular weight is 358 g/mol. The summed E-state index contributed by atoms with van der Waals surface area (Å²) in [7, 11) is 0. The lowest BCUT2D eigenvalue weighted by molar-refractivity contribution is -0.149. The Morgan fingerprint density at radius 3 is 2.54 bits per heavy atom. The van der Waals surface area contributed by atoms with Crippen LogP contribution in [0, 0.1) is 0 Å². The fraction of sp³-hybridized carbons (Fsp3) is 0.526. The highest BCUT2D eigenvalue weighted by molar-refractivity contribution is 6.41. The average Bonchev–Trinajstić information content (AvgIpc) is 3.25. The van der Waals surface area contributed by atoms with Crippen LogP contribution in [0.2, 0.25) is 0 Å². The molecule has 0 unspecified atom stereocenters. The van der Waals surface area contributed by atoms with Crippen LogP contribution >= 0.6 is 0 Å². The topological polar surface area (TPSA) is 87.0 Å². The van der Waals surface area contributed by atoms with E-state index < -0.39 is 17.9 Å². The van der Waals surface area contributed by atoms with Crippen LogP contribution in [0.15, 0.2) is 24.3 Å². The zero-order valence-electron chi connectivity index (χ0n) is 15.4. The van der Waals surface area contributed by atoms with Crippen LogP contribution in [-0.2, 0) is 20.8 Å². The summed E-state index contributed by atoms with van der Waals surface area (Å²) in [5.41, 5.74) is 7.85. The molecule has 140 valence electrons. The molecule has 0 aromatic heterocycles. The smallest absolute Gasteiger partial charge is 0.316 e. The van der Waals surface area contributed by atoms with E-state index >= 15 is 0 Å². The van der Waals surface area contributed by atoms with E-state index in [1.165, 1.54) is 9.80 Å². The standard InChI is InChI=1S/C19H26N4O3/c1-3-21(4-2)17(24)16-11-14(20)12-23(16)19(26)18(25)22-10-9-13-7-5-6-8-15(13)22/h5-8,14,16H,3-4,9-12,20H2,1-2H3/t14-,16+/m1/s1. The number of hydrogen-bond donors (Lipinski definition) is 1. The molecule has 7 nitrogen and oxygen atoms in total. The van der Waals surface area contributed by atoms with Gasteiger partial charge in [0.15, 0.2) is 0 Å². The van der Waals surface area contributed by atoms with Crippen molar-refractivity contribution in [2.24, 2.45) is 5.73 Å². The van der Waals surface area contributed by atoms with Gasteiger partial charge in [-0.2, -0.15) is 0 Å². The minimum atomic E-state index is -0.654. The minimum Gasteiger partial charge on any atom is -0.341 e. The molecule has 0 radical (unpaired) electrons. The molecule has 2 aliphatic heterocycles. The molecule has 0 bridgehead atoms. The molecule has 26 heavy (non-hydrogen) atoms. The van der Waals surface area contributed by atoms with Crippen molar-refractivity contribution in [2.75, 3.05) is 31.1 Å². The zero-order chi connectivity index (χ0) is 18.8. The molecule has 2 heterocycles. The maximum absolute atomic E-state index is 12.9. The number of nitrogens with zero attached hydrogens (tertiary/aromatic N) is 3. The Morgan fingerprint density at radius 1 is 1.15 bits per heavy atom. The summed E-state index contributed by atoms with van der Waals surface area (Å²) in [5.74, 6) is -1.35. The van der Waals surface area contributed by atoms with Gasteiger partial charge in [0.05, 0.1) is 0 Å². The monoisotopic (exact) mass is 358 g/mol. The van der Waals surface area contributed by atoms with Gasteiger partial charge >= 0.3 is 11.8 Å². The van der Waals surface area contributed by atoms with Crippen molar-refractivity contribution >= 4 is 23.4 Å². The Labute approximate surface area is 153 Å². The highest BCUT2D eigenvalue weighted by Gasteiger charge is 2.43. The number of anilines is 1. The van der Waals surface area contributed by atoms with Gasteiger partial charge in [0.1, 0.15) is 6.04 Å². The Balaban J connectivity index is 1.79. The van der Waals surface area contributed by atoms with Crippen molar-refractivity contribution in [3.8, 4) is 0 Å². The van der Waals surface area contributed by atoms with Gasteiger partial charge in [0.2, 0.25) is 5.91 Å². The van der Waals surface area contributed by atoms with E-state index in [2.05, 4.69) is 0 Å². The third-order valence-electron chi connectivity index (χ3n) is 5.27. The summed E-state index contributed by atoms with van der Waals surface area (Å²) in [6.45, 7) is 5.65. The summed E-state index contributed by atoms with van der Waals surface area (Å²) < 4.78 is 0. The molecule has 0 spiro atoms. The largest absolute Gasteiger partial charge is 0.341 e. The number of carbonyl (C=O) groups excluding carboxylic acids is 3. The molecule has 3 amide bonds. The van der Waals surface area contributed by atoms with Crippen LogP contribution in [0.3, 0.4) is 0 Å². The number of fused-ring (bicyclic) bond motifs is 1. The van der Waals surface area contributed by atoms with E-state index in [-0.39, 0.29) is 18.5 Å². The van der Waals surface area contributed by atoms with Crippen molar-refractivity contribution in [1.82, 2.24) is 9.80 Å². The van der Waals surface area contributed by atoms with Crippen LogP contribution in [0.1, 0.15) is 25.8 Å². The number of carbonyl (C=O) groups is 3. The van der Waals surface area contributed by atoms with Crippen molar-refractivity contribution in [3.05, 3.63) is 29.8 Å². The Bertz CT molecular complexity index is 716. The van der Waals surface area contributed by atoms with Crippen LogP contribution < -0.4 is 10.6 Å². The van der Waals surface area contributed by atoms with E-state index in [1.54, 1.807) is 4.90 Å². The maximum Gasteiger partial charge on any atom is 0.316 e. The number of amides is 3. The number of likely N-dealkylation sites (N-methyl/N-ethyl adjacent to an activating group) is 1. The van der Waals surface area contributed by atoms with E-state index in [0.717, 1.165) is 17.7 Å². The number of benzene rings is 1. The lowest BCUT2D eigenvalue weighted by Gasteiger charge is -2.29. The van der Waals surface area contributed by atoms with Gasteiger partial charge in [-0.05, 0) is 38.3 Å². The molecular formula is C19H26N4O3. The quantitative estimate of drug-likeness (QED) is 0.791. The van der Waals surface area contributed by atoms with E-state index in [4.69, 9.17) is 5.73 Å². The fourth-order valence-corrected chi connectivity index (χ4v) is 3.86. The predicted molar refractivity (Wildman–Crippen MR) is 98.5 cm³/mol. The lowest BCUT2D eigenvalue weighted by Crippen LogP contribution is -2.52. The van der Waals surface area contributed by atoms with Gasteiger partial charge in [-0.15, -0.1) is 0 Å². The van der Waals surface area contributed by atoms with Gasteiger partial charge in [-0.3, -0.25) is 14.4 Å². The van der Waals surface area contributed by atoms with Gasteiger partial charge in [-0.25, -0.2) is 0 Å². The number of likely N-dealkylation sites (tertiary alicyclic amines) is 1. The van der Waals surface area contributed by atoms with Crippen molar-refractivity contribution < 1.29 is 14.4 Å². The molecule has 0 aliphatic carbocycles. The minimum absolute atomic E-state index is 0.133. The molecule has 1 saturated heterocycles. The molecule has 3 rings (SSSR count). The molecule has 7 heteroatoms.